The van der Waals surface area contributed by atoms with E-state index in [4.69, 9.17) is 9.47 Å². The normalized spacial score (nSPS) is 20.5. The number of anilines is 1. The Balaban J connectivity index is 2.05. The zero-order chi connectivity index (χ0) is 17.6. The minimum atomic E-state index is -0.221. The average molecular weight is 336 g/mol. The highest BCUT2D eigenvalue weighted by Crippen LogP contribution is 2.34. The summed E-state index contributed by atoms with van der Waals surface area (Å²) >= 11 is 0. The third kappa shape index (κ3) is 4.35. The van der Waals surface area contributed by atoms with Crippen LogP contribution in [0.25, 0.3) is 0 Å². The maximum Gasteiger partial charge on any atom is 0.323 e. The first-order chi connectivity index (χ1) is 11.5. The standard InChI is InChI=1S/C17H28N4O3/c1-5-9-17(12-23-4)10-6-11-21(17)16(22)18-14-7-8-15(20-19-14)24-13(2)3/h7-8,13H,5-6,9-12H2,1-4H3,(H,18,19,22). The molecule has 134 valence electrons. The van der Waals surface area contributed by atoms with Gasteiger partial charge in [0.2, 0.25) is 5.88 Å². The molecule has 0 radical (unpaired) electrons. The Bertz CT molecular complexity index is 527. The number of aromatic nitrogens is 2. The van der Waals surface area contributed by atoms with Crippen LogP contribution < -0.4 is 10.1 Å². The molecular weight excluding hydrogens is 308 g/mol. The highest BCUT2D eigenvalue weighted by molar-refractivity contribution is 5.89. The van der Waals surface area contributed by atoms with E-state index in [0.717, 1.165) is 32.2 Å². The summed E-state index contributed by atoms with van der Waals surface area (Å²) in [4.78, 5) is 14.6. The van der Waals surface area contributed by atoms with Crippen molar-refractivity contribution in [3.8, 4) is 5.88 Å². The first-order valence-corrected chi connectivity index (χ1v) is 8.58. The Kier molecular flexibility index (Phi) is 6.36. The lowest BCUT2D eigenvalue weighted by molar-refractivity contribution is 0.0539. The molecule has 2 amide bonds. The summed E-state index contributed by atoms with van der Waals surface area (Å²) < 4.78 is 10.9. The van der Waals surface area contributed by atoms with Gasteiger partial charge < -0.3 is 14.4 Å². The maximum absolute atomic E-state index is 12.7. The van der Waals surface area contributed by atoms with Gasteiger partial charge in [-0.1, -0.05) is 13.3 Å². The topological polar surface area (TPSA) is 76.6 Å². The van der Waals surface area contributed by atoms with E-state index in [0.29, 0.717) is 18.3 Å². The van der Waals surface area contributed by atoms with Gasteiger partial charge in [0.1, 0.15) is 0 Å². The van der Waals surface area contributed by atoms with E-state index in [2.05, 4.69) is 22.4 Å². The molecule has 0 aromatic carbocycles. The van der Waals surface area contributed by atoms with Crippen molar-refractivity contribution in [3.63, 3.8) is 0 Å². The number of rotatable bonds is 7. The Hall–Kier alpha value is -1.89. The molecule has 0 bridgehead atoms. The van der Waals surface area contributed by atoms with Gasteiger partial charge in [0.05, 0.1) is 18.2 Å². The molecule has 1 aromatic rings. The number of hydrogen-bond donors (Lipinski definition) is 1. The monoisotopic (exact) mass is 336 g/mol. The van der Waals surface area contributed by atoms with Crippen LogP contribution in [0.1, 0.15) is 46.5 Å². The number of urea groups is 1. The molecule has 2 rings (SSSR count). The second-order valence-corrected chi connectivity index (χ2v) is 6.52. The lowest BCUT2D eigenvalue weighted by Gasteiger charge is -2.37. The molecule has 2 heterocycles. The van der Waals surface area contributed by atoms with E-state index in [1.54, 1.807) is 19.2 Å². The van der Waals surface area contributed by atoms with Gasteiger partial charge in [-0.2, -0.15) is 0 Å². The van der Waals surface area contributed by atoms with Gasteiger partial charge in [-0.3, -0.25) is 5.32 Å². The van der Waals surface area contributed by atoms with E-state index in [1.165, 1.54) is 0 Å². The third-order valence-corrected chi connectivity index (χ3v) is 4.20. The predicted octanol–water partition coefficient (Wildman–Crippen LogP) is 3.08. The van der Waals surface area contributed by atoms with E-state index in [9.17, 15) is 4.79 Å². The molecule has 0 spiro atoms. The zero-order valence-electron chi connectivity index (χ0n) is 15.0. The molecular formula is C17H28N4O3. The Morgan fingerprint density at radius 2 is 2.21 bits per heavy atom. The number of carbonyl (C=O) groups excluding carboxylic acids is 1. The molecule has 24 heavy (non-hydrogen) atoms. The lowest BCUT2D eigenvalue weighted by atomic mass is 9.91. The van der Waals surface area contributed by atoms with Crippen molar-refractivity contribution in [2.24, 2.45) is 0 Å². The molecule has 1 aliphatic rings. The van der Waals surface area contributed by atoms with Crippen LogP contribution in [0.5, 0.6) is 5.88 Å². The smallest absolute Gasteiger partial charge is 0.323 e. The molecule has 1 aliphatic heterocycles. The average Bonchev–Trinajstić information content (AvgIpc) is 2.93. The van der Waals surface area contributed by atoms with Gasteiger partial charge in [-0.15, -0.1) is 10.2 Å². The molecule has 1 N–H and O–H groups in total. The second-order valence-electron chi connectivity index (χ2n) is 6.52. The number of hydrogen-bond acceptors (Lipinski definition) is 5. The summed E-state index contributed by atoms with van der Waals surface area (Å²) in [7, 11) is 1.69. The molecule has 1 aromatic heterocycles. The molecule has 1 unspecified atom stereocenters. The summed E-state index contributed by atoms with van der Waals surface area (Å²) in [5.41, 5.74) is -0.221. The summed E-state index contributed by atoms with van der Waals surface area (Å²) in [6.07, 6.45) is 3.93. The molecule has 0 saturated carbocycles. The van der Waals surface area contributed by atoms with Crippen molar-refractivity contribution in [3.05, 3.63) is 12.1 Å². The molecule has 1 saturated heterocycles. The van der Waals surface area contributed by atoms with E-state index >= 15 is 0 Å². The first kappa shape index (κ1) is 18.4. The molecule has 1 fully saturated rings. The van der Waals surface area contributed by atoms with Crippen molar-refractivity contribution >= 4 is 11.8 Å². The van der Waals surface area contributed by atoms with Crippen molar-refractivity contribution in [2.75, 3.05) is 25.6 Å². The van der Waals surface area contributed by atoms with Crippen LogP contribution in [0.2, 0.25) is 0 Å². The maximum atomic E-state index is 12.7. The van der Waals surface area contributed by atoms with Crippen LogP contribution in [-0.4, -0.2) is 53.0 Å². The van der Waals surface area contributed by atoms with Crippen LogP contribution in [0.15, 0.2) is 12.1 Å². The SMILES string of the molecule is CCCC1(COC)CCCN1C(=O)Nc1ccc(OC(C)C)nn1. The Morgan fingerprint density at radius 3 is 2.79 bits per heavy atom. The van der Waals surface area contributed by atoms with Gasteiger partial charge in [-0.25, -0.2) is 4.79 Å². The fourth-order valence-corrected chi connectivity index (χ4v) is 3.34. The van der Waals surface area contributed by atoms with Crippen LogP contribution in [-0.2, 0) is 4.74 Å². The fraction of sp³-hybridized carbons (Fsp3) is 0.706. The van der Waals surface area contributed by atoms with Gasteiger partial charge in [0.15, 0.2) is 5.82 Å². The predicted molar refractivity (Wildman–Crippen MR) is 92.3 cm³/mol. The van der Waals surface area contributed by atoms with E-state index in [-0.39, 0.29) is 17.7 Å². The number of carbonyl (C=O) groups is 1. The van der Waals surface area contributed by atoms with Gasteiger partial charge in [0.25, 0.3) is 0 Å². The summed E-state index contributed by atoms with van der Waals surface area (Å²) in [5.74, 6) is 0.870. The number of nitrogens with zero attached hydrogens (tertiary/aromatic N) is 3. The molecule has 0 aliphatic carbocycles. The summed E-state index contributed by atoms with van der Waals surface area (Å²) in [6, 6.07) is 3.27. The minimum absolute atomic E-state index is 0.0352. The van der Waals surface area contributed by atoms with Crippen LogP contribution >= 0.6 is 0 Å². The lowest BCUT2D eigenvalue weighted by Crippen LogP contribution is -2.52. The molecule has 7 nitrogen and oxygen atoms in total. The number of methoxy groups -OCH3 is 1. The van der Waals surface area contributed by atoms with Crippen molar-refractivity contribution < 1.29 is 14.3 Å². The van der Waals surface area contributed by atoms with E-state index < -0.39 is 0 Å². The quantitative estimate of drug-likeness (QED) is 0.828. The summed E-state index contributed by atoms with van der Waals surface area (Å²) in [5, 5.41) is 10.8. The van der Waals surface area contributed by atoms with Crippen molar-refractivity contribution in [1.29, 1.82) is 0 Å². The molecule has 1 atom stereocenters. The third-order valence-electron chi connectivity index (χ3n) is 4.20. The van der Waals surface area contributed by atoms with E-state index in [1.807, 2.05) is 18.7 Å². The van der Waals surface area contributed by atoms with Crippen LogP contribution in [0, 0.1) is 0 Å². The van der Waals surface area contributed by atoms with Gasteiger partial charge in [0, 0.05) is 19.7 Å². The largest absolute Gasteiger partial charge is 0.474 e. The minimum Gasteiger partial charge on any atom is -0.474 e. The Labute approximate surface area is 143 Å². The first-order valence-electron chi connectivity index (χ1n) is 8.58. The van der Waals surface area contributed by atoms with Crippen molar-refractivity contribution in [1.82, 2.24) is 15.1 Å². The number of amides is 2. The Morgan fingerprint density at radius 1 is 1.42 bits per heavy atom. The fourth-order valence-electron chi connectivity index (χ4n) is 3.34. The highest BCUT2D eigenvalue weighted by Gasteiger charge is 2.43. The zero-order valence-corrected chi connectivity index (χ0v) is 15.0. The highest BCUT2D eigenvalue weighted by atomic mass is 16.5. The number of ether oxygens (including phenoxy) is 2. The second kappa shape index (κ2) is 8.28. The number of likely N-dealkylation sites (tertiary alicyclic amines) is 1. The van der Waals surface area contributed by atoms with Crippen LogP contribution in [0.4, 0.5) is 10.6 Å². The molecule has 7 heteroatoms. The van der Waals surface area contributed by atoms with Gasteiger partial charge >= 0.3 is 6.03 Å². The van der Waals surface area contributed by atoms with Crippen LogP contribution in [0.3, 0.4) is 0 Å². The number of nitrogens with one attached hydrogen (secondary N) is 1. The van der Waals surface area contributed by atoms with Gasteiger partial charge in [-0.05, 0) is 39.2 Å². The van der Waals surface area contributed by atoms with Crippen molar-refractivity contribution in [2.45, 2.75) is 58.1 Å². The summed E-state index contributed by atoms with van der Waals surface area (Å²) in [6.45, 7) is 7.27.